The third-order valence-electron chi connectivity index (χ3n) is 7.40. The molecule has 0 amide bonds. The van der Waals surface area contributed by atoms with Crippen molar-refractivity contribution in [2.24, 2.45) is 0 Å². The smallest absolute Gasteiger partial charge is 0.154 e. The van der Waals surface area contributed by atoms with Gasteiger partial charge in [0, 0.05) is 20.2 Å². The van der Waals surface area contributed by atoms with Gasteiger partial charge in [-0.25, -0.2) is 4.98 Å². The van der Waals surface area contributed by atoms with Crippen molar-refractivity contribution in [3.8, 4) is 0 Å². The Bertz CT molecular complexity index is 1440. The van der Waals surface area contributed by atoms with Crippen molar-refractivity contribution >= 4 is 28.9 Å². The average Bonchev–Trinajstić information content (AvgIpc) is 3.01. The number of nitrogens with one attached hydrogen (secondary N) is 3. The number of amidine groups is 2. The second-order valence-electron chi connectivity index (χ2n) is 10.2. The molecule has 1 aromatic heterocycles. The molecular weight excluding hydrogens is 454 g/mol. The summed E-state index contributed by atoms with van der Waals surface area (Å²) in [5.74, 6) is 1.18. The highest BCUT2D eigenvalue weighted by molar-refractivity contribution is 6.30. The van der Waals surface area contributed by atoms with Gasteiger partial charge in [-0.2, -0.15) is 0 Å². The van der Waals surface area contributed by atoms with Crippen LogP contribution in [0, 0.1) is 24.7 Å². The van der Waals surface area contributed by atoms with E-state index in [1.54, 1.807) is 11.1 Å². The second kappa shape index (κ2) is 10.0. The zero-order valence-corrected chi connectivity index (χ0v) is 21.7. The summed E-state index contributed by atoms with van der Waals surface area (Å²) < 4.78 is 0. The number of aryl methyl sites for hydroxylation is 2. The van der Waals surface area contributed by atoms with Crippen LogP contribution in [0.4, 0.5) is 17.2 Å². The van der Waals surface area contributed by atoms with Gasteiger partial charge in [-0.15, -0.1) is 0 Å². The molecule has 0 atom stereocenters. The normalized spacial score (nSPS) is 15.1. The maximum absolute atomic E-state index is 8.94. The van der Waals surface area contributed by atoms with Crippen molar-refractivity contribution < 1.29 is 2.85 Å². The average molecular weight is 492 g/mol. The first kappa shape index (κ1) is 24.4. The van der Waals surface area contributed by atoms with E-state index in [9.17, 15) is 0 Å². The lowest BCUT2D eigenvalue weighted by Gasteiger charge is -2.39. The second-order valence-corrected chi connectivity index (χ2v) is 10.2. The first-order valence-corrected chi connectivity index (χ1v) is 12.8. The van der Waals surface area contributed by atoms with Gasteiger partial charge in [0.1, 0.15) is 11.7 Å². The number of fused-ring (bicyclic) bond motifs is 2. The van der Waals surface area contributed by atoms with Gasteiger partial charge in [0.25, 0.3) is 0 Å². The Labute approximate surface area is 222 Å². The van der Waals surface area contributed by atoms with E-state index in [1.807, 2.05) is 48.5 Å². The minimum Gasteiger partial charge on any atom is -0.338 e. The Morgan fingerprint density at radius 2 is 1.62 bits per heavy atom. The lowest BCUT2D eigenvalue weighted by atomic mass is 9.66. The van der Waals surface area contributed by atoms with Gasteiger partial charge in [-0.1, -0.05) is 85.1 Å². The van der Waals surface area contributed by atoms with Gasteiger partial charge in [0.2, 0.25) is 0 Å². The van der Waals surface area contributed by atoms with E-state index in [4.69, 9.17) is 10.8 Å². The molecule has 3 N–H and O–H groups in total. The molecule has 1 saturated carbocycles. The molecule has 0 saturated heterocycles. The molecule has 0 radical (unpaired) electrons. The maximum atomic E-state index is 8.94. The standard InChI is InChI=1S/C24H23N5.C8H10.2H2/c1-24(13-5-14-24)17-11-9-16(10-12-17)21(25)29-20-8-4-15-27-23(20)28-19-7-3-2-6-18(19)22(29)26;1-7-4-3-5-8(2)6-7;;/h2-4,6-12,15,25-26H,5,13-14H2,1H3,(H,27,28);3-6H,1-2H3;2*1H. The molecule has 1 fully saturated rings. The molecule has 2 heterocycles. The molecule has 0 bridgehead atoms. The van der Waals surface area contributed by atoms with E-state index >= 15 is 0 Å². The van der Waals surface area contributed by atoms with Gasteiger partial charge in [-0.3, -0.25) is 15.7 Å². The summed E-state index contributed by atoms with van der Waals surface area (Å²) in [6.07, 6.45) is 5.46. The SMILES string of the molecule is CC1(c2ccc(C(=N)N3C(=N)c4ccccc4Nc4ncccc43)cc2)CCC1.Cc1cccc(C)c1.[HH].[HH]. The molecule has 0 unspecified atom stereocenters. The number of nitrogens with zero attached hydrogens (tertiary/aromatic N) is 2. The number of hydrogen-bond donors (Lipinski definition) is 3. The highest BCUT2D eigenvalue weighted by Crippen LogP contribution is 2.43. The van der Waals surface area contributed by atoms with Crippen molar-refractivity contribution in [1.29, 1.82) is 10.8 Å². The van der Waals surface area contributed by atoms with E-state index in [1.165, 1.54) is 36.0 Å². The van der Waals surface area contributed by atoms with Gasteiger partial charge in [-0.05, 0) is 61.9 Å². The van der Waals surface area contributed by atoms with Crippen LogP contribution in [0.1, 0.15) is 56.9 Å². The molecule has 4 aromatic rings. The highest BCUT2D eigenvalue weighted by atomic mass is 15.2. The zero-order valence-electron chi connectivity index (χ0n) is 21.7. The largest absolute Gasteiger partial charge is 0.338 e. The fraction of sp³-hybridized carbons (Fsp3) is 0.219. The van der Waals surface area contributed by atoms with Crippen LogP contribution in [0.15, 0.2) is 91.1 Å². The Balaban J connectivity index is 0.000000365. The number of benzene rings is 3. The Kier molecular flexibility index (Phi) is 6.62. The van der Waals surface area contributed by atoms with Crippen molar-refractivity contribution in [2.45, 2.75) is 45.4 Å². The molecule has 5 heteroatoms. The Morgan fingerprint density at radius 1 is 0.919 bits per heavy atom. The zero-order chi connectivity index (χ0) is 26.0. The van der Waals surface area contributed by atoms with Crippen LogP contribution in [-0.2, 0) is 5.41 Å². The van der Waals surface area contributed by atoms with Gasteiger partial charge in [0.05, 0.1) is 11.4 Å². The fourth-order valence-electron chi connectivity index (χ4n) is 5.04. The predicted octanol–water partition coefficient (Wildman–Crippen LogP) is 8.23. The summed E-state index contributed by atoms with van der Waals surface area (Å²) in [7, 11) is 0. The summed E-state index contributed by atoms with van der Waals surface area (Å²) in [5, 5.41) is 21.1. The summed E-state index contributed by atoms with van der Waals surface area (Å²) in [4.78, 5) is 6.13. The number of rotatable bonds is 2. The summed E-state index contributed by atoms with van der Waals surface area (Å²) in [6, 6.07) is 28.2. The van der Waals surface area contributed by atoms with Gasteiger partial charge < -0.3 is 5.32 Å². The number of hydrogen-bond acceptors (Lipinski definition) is 4. The lowest BCUT2D eigenvalue weighted by Crippen LogP contribution is -2.37. The third-order valence-corrected chi connectivity index (χ3v) is 7.40. The molecule has 6 rings (SSSR count). The van der Waals surface area contributed by atoms with Crippen LogP contribution in [-0.4, -0.2) is 16.7 Å². The van der Waals surface area contributed by atoms with Gasteiger partial charge in [0.15, 0.2) is 5.82 Å². The van der Waals surface area contributed by atoms with Crippen molar-refractivity contribution in [1.82, 2.24) is 4.98 Å². The first-order chi connectivity index (χ1) is 17.9. The predicted molar refractivity (Wildman–Crippen MR) is 158 cm³/mol. The third kappa shape index (κ3) is 4.90. The van der Waals surface area contributed by atoms with Crippen LogP contribution in [0.25, 0.3) is 0 Å². The molecule has 5 nitrogen and oxygen atoms in total. The van der Waals surface area contributed by atoms with Crippen LogP contribution < -0.4 is 10.2 Å². The van der Waals surface area contributed by atoms with Gasteiger partial charge >= 0.3 is 0 Å². The maximum Gasteiger partial charge on any atom is 0.154 e. The summed E-state index contributed by atoms with van der Waals surface area (Å²) >= 11 is 0. The van der Waals surface area contributed by atoms with Crippen molar-refractivity contribution in [3.63, 3.8) is 0 Å². The Morgan fingerprint density at radius 3 is 2.24 bits per heavy atom. The molecule has 1 aliphatic carbocycles. The molecule has 1 aliphatic heterocycles. The molecule has 190 valence electrons. The monoisotopic (exact) mass is 491 g/mol. The van der Waals surface area contributed by atoms with Crippen LogP contribution in [0.5, 0.6) is 0 Å². The number of para-hydroxylation sites is 1. The fourth-order valence-corrected chi connectivity index (χ4v) is 5.04. The van der Waals surface area contributed by atoms with E-state index in [0.29, 0.717) is 11.5 Å². The quantitative estimate of drug-likeness (QED) is 0.195. The van der Waals surface area contributed by atoms with Crippen LogP contribution >= 0.6 is 0 Å². The highest BCUT2D eigenvalue weighted by Gasteiger charge is 2.34. The van der Waals surface area contributed by atoms with Crippen LogP contribution in [0.3, 0.4) is 0 Å². The van der Waals surface area contributed by atoms with E-state index < -0.39 is 0 Å². The minimum absolute atomic E-state index is 0. The van der Waals surface area contributed by atoms with E-state index in [0.717, 1.165) is 16.8 Å². The molecule has 37 heavy (non-hydrogen) atoms. The molecule has 2 aliphatic rings. The molecule has 3 aromatic carbocycles. The lowest BCUT2D eigenvalue weighted by molar-refractivity contribution is 0.272. The minimum atomic E-state index is 0. The Hall–Kier alpha value is -4.25. The number of anilines is 3. The topological polar surface area (TPSA) is 75.9 Å². The first-order valence-electron chi connectivity index (χ1n) is 12.8. The number of pyridine rings is 1. The summed E-state index contributed by atoms with van der Waals surface area (Å²) in [5.41, 5.74) is 7.34. The van der Waals surface area contributed by atoms with Crippen molar-refractivity contribution in [2.75, 3.05) is 10.2 Å². The van der Waals surface area contributed by atoms with E-state index in [2.05, 4.69) is 67.5 Å². The molecular formula is C32H37N5. The summed E-state index contributed by atoms with van der Waals surface area (Å²) in [6.45, 7) is 6.52. The number of aromatic nitrogens is 1. The molecule has 0 spiro atoms. The van der Waals surface area contributed by atoms with Crippen LogP contribution in [0.2, 0.25) is 0 Å². The van der Waals surface area contributed by atoms with Crippen molar-refractivity contribution in [3.05, 3.63) is 119 Å². The van der Waals surface area contributed by atoms with E-state index in [-0.39, 0.29) is 19.9 Å².